The maximum atomic E-state index is 13.3. The largest absolute Gasteiger partial charge is 0.492 e. The van der Waals surface area contributed by atoms with Gasteiger partial charge >= 0.3 is 0 Å². The summed E-state index contributed by atoms with van der Waals surface area (Å²) in [5.41, 5.74) is 3.39. The van der Waals surface area contributed by atoms with E-state index in [0.29, 0.717) is 56.2 Å². The maximum absolute atomic E-state index is 13.3. The summed E-state index contributed by atoms with van der Waals surface area (Å²) in [7, 11) is -3.69. The molecule has 8 nitrogen and oxygen atoms in total. The Hall–Kier alpha value is -3.31. The van der Waals surface area contributed by atoms with Gasteiger partial charge in [0.2, 0.25) is 10.0 Å². The van der Waals surface area contributed by atoms with Crippen molar-refractivity contribution < 1.29 is 22.7 Å². The molecular formula is C29H31N3O5S2. The van der Waals surface area contributed by atoms with Crippen LogP contribution in [0.1, 0.15) is 35.3 Å². The zero-order valence-corrected chi connectivity index (χ0v) is 23.6. The predicted octanol–water partition coefficient (Wildman–Crippen LogP) is 4.63. The Labute approximate surface area is 232 Å². The second-order valence-corrected chi connectivity index (χ2v) is 12.0. The first-order chi connectivity index (χ1) is 18.9. The first kappa shape index (κ1) is 27.3. The standard InChI is InChI=1S/C29H31N3O5S2/c1-3-36-19-18-32-27-25(37-4-2)10-7-11-26(27)38-29(32)30-28(33)22-12-14-24(15-13-22)39(34,35)31-17-16-21-8-5-6-9-23(21)20-31/h5-15H,3-4,16-20H2,1-2H3. The van der Waals surface area contributed by atoms with Crippen LogP contribution in [0.2, 0.25) is 0 Å². The van der Waals surface area contributed by atoms with E-state index in [0.717, 1.165) is 21.5 Å². The summed E-state index contributed by atoms with van der Waals surface area (Å²) in [6, 6.07) is 19.7. The Morgan fingerprint density at radius 3 is 2.49 bits per heavy atom. The number of benzene rings is 3. The van der Waals surface area contributed by atoms with Gasteiger partial charge in [0.15, 0.2) is 4.80 Å². The number of para-hydroxylation sites is 1. The summed E-state index contributed by atoms with van der Waals surface area (Å²) in [6.07, 6.45) is 0.675. The fourth-order valence-electron chi connectivity index (χ4n) is 4.71. The van der Waals surface area contributed by atoms with E-state index in [1.54, 1.807) is 0 Å². The molecule has 1 aliphatic heterocycles. The van der Waals surface area contributed by atoms with Crippen molar-refractivity contribution in [3.8, 4) is 5.75 Å². The fraction of sp³-hybridized carbons (Fsp3) is 0.310. The summed E-state index contributed by atoms with van der Waals surface area (Å²) in [5, 5.41) is 0. The number of amides is 1. The highest BCUT2D eigenvalue weighted by molar-refractivity contribution is 7.89. The van der Waals surface area contributed by atoms with Crippen molar-refractivity contribution in [3.05, 3.63) is 88.2 Å². The smallest absolute Gasteiger partial charge is 0.279 e. The van der Waals surface area contributed by atoms with Crippen LogP contribution in [0.5, 0.6) is 5.75 Å². The van der Waals surface area contributed by atoms with Crippen LogP contribution >= 0.6 is 11.3 Å². The zero-order valence-electron chi connectivity index (χ0n) is 22.0. The van der Waals surface area contributed by atoms with Crippen molar-refractivity contribution in [2.24, 2.45) is 4.99 Å². The first-order valence-electron chi connectivity index (χ1n) is 13.0. The molecule has 0 aliphatic carbocycles. The number of rotatable bonds is 9. The number of hydrogen-bond donors (Lipinski definition) is 0. The molecule has 0 radical (unpaired) electrons. The highest BCUT2D eigenvalue weighted by Gasteiger charge is 2.28. The first-order valence-corrected chi connectivity index (χ1v) is 15.3. The van der Waals surface area contributed by atoms with Gasteiger partial charge in [0.05, 0.1) is 22.8 Å². The summed E-state index contributed by atoms with van der Waals surface area (Å²) in [6.45, 7) is 6.72. The molecule has 1 amide bonds. The molecule has 3 aromatic carbocycles. The Morgan fingerprint density at radius 2 is 1.74 bits per heavy atom. The molecule has 0 N–H and O–H groups in total. The number of thiazole rings is 1. The van der Waals surface area contributed by atoms with Gasteiger partial charge in [-0.15, -0.1) is 0 Å². The third-order valence-corrected chi connectivity index (χ3v) is 9.56. The second kappa shape index (κ2) is 11.8. The summed E-state index contributed by atoms with van der Waals surface area (Å²) in [5.74, 6) is 0.284. The van der Waals surface area contributed by atoms with Crippen molar-refractivity contribution in [2.45, 2.75) is 38.3 Å². The highest BCUT2D eigenvalue weighted by Crippen LogP contribution is 2.28. The molecule has 2 heterocycles. The molecule has 1 aromatic heterocycles. The van der Waals surface area contributed by atoms with Crippen LogP contribution in [0.4, 0.5) is 0 Å². The van der Waals surface area contributed by atoms with Gasteiger partial charge < -0.3 is 14.0 Å². The van der Waals surface area contributed by atoms with Gasteiger partial charge in [-0.05, 0) is 67.8 Å². The van der Waals surface area contributed by atoms with Gasteiger partial charge in [-0.2, -0.15) is 9.30 Å². The lowest BCUT2D eigenvalue weighted by Gasteiger charge is -2.28. The molecule has 10 heteroatoms. The van der Waals surface area contributed by atoms with Crippen molar-refractivity contribution in [1.29, 1.82) is 0 Å². The lowest BCUT2D eigenvalue weighted by atomic mass is 10.0. The molecule has 1 aliphatic rings. The molecule has 4 aromatic rings. The maximum Gasteiger partial charge on any atom is 0.279 e. The monoisotopic (exact) mass is 565 g/mol. The molecule has 0 atom stereocenters. The number of carbonyl (C=O) groups is 1. The molecule has 0 fully saturated rings. The average Bonchev–Trinajstić information content (AvgIpc) is 3.30. The van der Waals surface area contributed by atoms with Gasteiger partial charge in [0.25, 0.3) is 5.91 Å². The van der Waals surface area contributed by atoms with E-state index in [9.17, 15) is 13.2 Å². The summed E-state index contributed by atoms with van der Waals surface area (Å²) in [4.78, 5) is 18.3. The topological polar surface area (TPSA) is 90.2 Å². The summed E-state index contributed by atoms with van der Waals surface area (Å²) >= 11 is 1.40. The van der Waals surface area contributed by atoms with Crippen LogP contribution in [0.25, 0.3) is 10.2 Å². The number of fused-ring (bicyclic) bond motifs is 2. The quantitative estimate of drug-likeness (QED) is 0.276. The van der Waals surface area contributed by atoms with Gasteiger partial charge in [-0.1, -0.05) is 41.7 Å². The molecule has 0 saturated heterocycles. The van der Waals surface area contributed by atoms with Crippen LogP contribution in [0.3, 0.4) is 0 Å². The van der Waals surface area contributed by atoms with E-state index in [1.165, 1.54) is 45.5 Å². The van der Waals surface area contributed by atoms with Crippen molar-refractivity contribution in [1.82, 2.24) is 8.87 Å². The Bertz CT molecular complexity index is 1660. The summed E-state index contributed by atoms with van der Waals surface area (Å²) < 4.78 is 42.4. The van der Waals surface area contributed by atoms with E-state index in [4.69, 9.17) is 9.47 Å². The van der Waals surface area contributed by atoms with E-state index in [1.807, 2.05) is 60.9 Å². The number of ether oxygens (including phenoxy) is 2. The van der Waals surface area contributed by atoms with E-state index >= 15 is 0 Å². The van der Waals surface area contributed by atoms with Crippen LogP contribution in [0, 0.1) is 0 Å². The molecule has 0 bridgehead atoms. The Balaban J connectivity index is 1.43. The SMILES string of the molecule is CCOCCn1c(=NC(=O)c2ccc(S(=O)(=O)N3CCc4ccccc4C3)cc2)sc2cccc(OCC)c21. The lowest BCUT2D eigenvalue weighted by Crippen LogP contribution is -2.35. The third kappa shape index (κ3) is 5.69. The lowest BCUT2D eigenvalue weighted by molar-refractivity contribution is 0.0996. The van der Waals surface area contributed by atoms with Gasteiger partial charge in [0, 0.05) is 31.8 Å². The Morgan fingerprint density at radius 1 is 0.974 bits per heavy atom. The van der Waals surface area contributed by atoms with E-state index in [2.05, 4.69) is 4.99 Å². The van der Waals surface area contributed by atoms with Crippen molar-refractivity contribution in [2.75, 3.05) is 26.4 Å². The molecule has 0 unspecified atom stereocenters. The minimum Gasteiger partial charge on any atom is -0.492 e. The minimum atomic E-state index is -3.69. The third-order valence-electron chi connectivity index (χ3n) is 6.66. The van der Waals surface area contributed by atoms with E-state index in [-0.39, 0.29) is 4.90 Å². The zero-order chi connectivity index (χ0) is 27.4. The number of sulfonamides is 1. The predicted molar refractivity (Wildman–Crippen MR) is 152 cm³/mol. The molecule has 0 spiro atoms. The number of aromatic nitrogens is 1. The van der Waals surface area contributed by atoms with Crippen LogP contribution in [0.15, 0.2) is 76.6 Å². The van der Waals surface area contributed by atoms with Gasteiger partial charge in [0.1, 0.15) is 11.3 Å². The number of hydrogen-bond acceptors (Lipinski definition) is 6. The number of nitrogens with zero attached hydrogens (tertiary/aromatic N) is 3. The van der Waals surface area contributed by atoms with Crippen molar-refractivity contribution in [3.63, 3.8) is 0 Å². The van der Waals surface area contributed by atoms with Gasteiger partial charge in [-0.25, -0.2) is 8.42 Å². The Kier molecular flexibility index (Phi) is 8.27. The van der Waals surface area contributed by atoms with E-state index < -0.39 is 15.9 Å². The number of carbonyl (C=O) groups excluding carboxylic acids is 1. The second-order valence-electron chi connectivity index (χ2n) is 9.07. The molecule has 0 saturated carbocycles. The normalized spacial score (nSPS) is 14.5. The average molecular weight is 566 g/mol. The van der Waals surface area contributed by atoms with Gasteiger partial charge in [-0.3, -0.25) is 4.79 Å². The van der Waals surface area contributed by atoms with Crippen LogP contribution in [-0.2, 0) is 34.3 Å². The molecule has 204 valence electrons. The molecule has 5 rings (SSSR count). The molecular weight excluding hydrogens is 534 g/mol. The molecule has 39 heavy (non-hydrogen) atoms. The fourth-order valence-corrected chi connectivity index (χ4v) is 7.20. The van der Waals surface area contributed by atoms with Crippen LogP contribution < -0.4 is 9.54 Å². The van der Waals surface area contributed by atoms with Crippen molar-refractivity contribution >= 4 is 37.5 Å². The highest BCUT2D eigenvalue weighted by atomic mass is 32.2. The van der Waals surface area contributed by atoms with Crippen LogP contribution in [-0.4, -0.2) is 49.6 Å². The minimum absolute atomic E-state index is 0.161.